The lowest BCUT2D eigenvalue weighted by molar-refractivity contribution is -0.385. The van der Waals surface area contributed by atoms with Crippen LogP contribution in [0.3, 0.4) is 0 Å². The maximum Gasteiger partial charge on any atom is 0.326 e. The highest BCUT2D eigenvalue weighted by Gasteiger charge is 2.18. The van der Waals surface area contributed by atoms with Crippen LogP contribution < -0.4 is 10.5 Å². The summed E-state index contributed by atoms with van der Waals surface area (Å²) in [5, 5.41) is 10.8. The predicted octanol–water partition coefficient (Wildman–Crippen LogP) is 1.09. The average molecular weight is 268 g/mol. The van der Waals surface area contributed by atoms with Gasteiger partial charge in [-0.2, -0.15) is 0 Å². The molecule has 0 heterocycles. The number of ether oxygens (including phenoxy) is 2. The number of nitrogens with two attached hydrogens (primary N) is 1. The molecular weight excluding hydrogens is 252 g/mol. The van der Waals surface area contributed by atoms with E-state index in [1.165, 1.54) is 13.2 Å². The van der Waals surface area contributed by atoms with Gasteiger partial charge in [0.1, 0.15) is 18.4 Å². The van der Waals surface area contributed by atoms with E-state index >= 15 is 0 Å². The van der Waals surface area contributed by atoms with E-state index in [0.29, 0.717) is 11.3 Å². The van der Waals surface area contributed by atoms with E-state index in [0.717, 1.165) is 5.56 Å². The summed E-state index contributed by atoms with van der Waals surface area (Å²) in [4.78, 5) is 21.5. The molecule has 19 heavy (non-hydrogen) atoms. The largest absolute Gasteiger partial charge is 0.491 e. The second-order valence-electron chi connectivity index (χ2n) is 4.10. The number of rotatable bonds is 5. The van der Waals surface area contributed by atoms with Crippen molar-refractivity contribution in [2.75, 3.05) is 13.7 Å². The summed E-state index contributed by atoms with van der Waals surface area (Å²) < 4.78 is 9.80. The number of aryl methyl sites for hydroxylation is 2. The zero-order chi connectivity index (χ0) is 14.6. The molecule has 7 heteroatoms. The molecule has 1 aromatic rings. The van der Waals surface area contributed by atoms with Gasteiger partial charge in [0, 0.05) is 5.56 Å². The third kappa shape index (κ3) is 3.65. The topological polar surface area (TPSA) is 105 Å². The van der Waals surface area contributed by atoms with Crippen molar-refractivity contribution in [3.8, 4) is 5.75 Å². The Morgan fingerprint density at radius 3 is 2.58 bits per heavy atom. The maximum atomic E-state index is 11.1. The molecule has 0 saturated carbocycles. The van der Waals surface area contributed by atoms with Crippen LogP contribution >= 0.6 is 0 Å². The van der Waals surface area contributed by atoms with E-state index in [9.17, 15) is 14.9 Å². The Morgan fingerprint density at radius 1 is 1.42 bits per heavy atom. The quantitative estimate of drug-likeness (QED) is 0.487. The molecular formula is C12H16N2O5. The smallest absolute Gasteiger partial charge is 0.326 e. The van der Waals surface area contributed by atoms with Crippen LogP contribution in [0.15, 0.2) is 12.1 Å². The Labute approximate surface area is 110 Å². The van der Waals surface area contributed by atoms with Crippen LogP contribution in [0.2, 0.25) is 0 Å². The first-order valence-electron chi connectivity index (χ1n) is 5.58. The zero-order valence-electron chi connectivity index (χ0n) is 11.0. The molecule has 0 aliphatic carbocycles. The van der Waals surface area contributed by atoms with Crippen LogP contribution in [0.4, 0.5) is 5.69 Å². The van der Waals surface area contributed by atoms with Crippen molar-refractivity contribution in [1.29, 1.82) is 0 Å². The Hall–Kier alpha value is -2.15. The number of esters is 1. The molecule has 0 aliphatic heterocycles. The highest BCUT2D eigenvalue weighted by atomic mass is 16.6. The van der Waals surface area contributed by atoms with Crippen molar-refractivity contribution >= 4 is 11.7 Å². The second-order valence-corrected chi connectivity index (χ2v) is 4.10. The van der Waals surface area contributed by atoms with E-state index in [4.69, 9.17) is 10.5 Å². The number of hydrogen-bond donors (Lipinski definition) is 1. The summed E-state index contributed by atoms with van der Waals surface area (Å²) in [7, 11) is 1.23. The number of carbonyl (C=O) groups is 1. The van der Waals surface area contributed by atoms with Crippen molar-refractivity contribution in [1.82, 2.24) is 0 Å². The van der Waals surface area contributed by atoms with Gasteiger partial charge in [0.2, 0.25) is 0 Å². The predicted molar refractivity (Wildman–Crippen MR) is 68.1 cm³/mol. The van der Waals surface area contributed by atoms with Gasteiger partial charge in [-0.1, -0.05) is 0 Å². The first kappa shape index (κ1) is 14.9. The van der Waals surface area contributed by atoms with Crippen LogP contribution in [0, 0.1) is 24.0 Å². The Bertz CT molecular complexity index is 501. The van der Waals surface area contributed by atoms with Crippen LogP contribution in [0.1, 0.15) is 11.1 Å². The van der Waals surface area contributed by atoms with Crippen LogP contribution in [0.25, 0.3) is 0 Å². The fourth-order valence-electron chi connectivity index (χ4n) is 1.57. The van der Waals surface area contributed by atoms with Crippen molar-refractivity contribution in [3.05, 3.63) is 33.4 Å². The molecule has 0 fully saturated rings. The van der Waals surface area contributed by atoms with E-state index in [1.54, 1.807) is 19.9 Å². The number of nitrogens with zero attached hydrogens (tertiary/aromatic N) is 1. The molecule has 1 atom stereocenters. The van der Waals surface area contributed by atoms with E-state index < -0.39 is 16.9 Å². The molecule has 0 bridgehead atoms. The van der Waals surface area contributed by atoms with Gasteiger partial charge < -0.3 is 15.2 Å². The highest BCUT2D eigenvalue weighted by Crippen LogP contribution is 2.28. The number of methoxy groups -OCH3 is 1. The summed E-state index contributed by atoms with van der Waals surface area (Å²) in [6.45, 7) is 3.30. The van der Waals surface area contributed by atoms with Crippen LogP contribution in [-0.2, 0) is 9.53 Å². The first-order chi connectivity index (χ1) is 8.86. The molecule has 1 rings (SSSR count). The lowest BCUT2D eigenvalue weighted by Crippen LogP contribution is -2.37. The Balaban J connectivity index is 2.87. The second kappa shape index (κ2) is 6.14. The molecule has 2 N–H and O–H groups in total. The van der Waals surface area contributed by atoms with Crippen molar-refractivity contribution in [2.24, 2.45) is 5.73 Å². The third-order valence-corrected chi connectivity index (χ3v) is 2.61. The molecule has 0 aliphatic rings. The molecule has 1 aromatic carbocycles. The normalized spacial score (nSPS) is 11.8. The third-order valence-electron chi connectivity index (χ3n) is 2.61. The van der Waals surface area contributed by atoms with Crippen molar-refractivity contribution in [2.45, 2.75) is 19.9 Å². The molecule has 1 unspecified atom stereocenters. The van der Waals surface area contributed by atoms with E-state index in [1.807, 2.05) is 0 Å². The van der Waals surface area contributed by atoms with Gasteiger partial charge in [-0.3, -0.25) is 14.9 Å². The van der Waals surface area contributed by atoms with Crippen molar-refractivity contribution in [3.63, 3.8) is 0 Å². The fraction of sp³-hybridized carbons (Fsp3) is 0.417. The van der Waals surface area contributed by atoms with E-state index in [-0.39, 0.29) is 12.3 Å². The minimum Gasteiger partial charge on any atom is -0.491 e. The van der Waals surface area contributed by atoms with Crippen LogP contribution in [0.5, 0.6) is 5.75 Å². The summed E-state index contributed by atoms with van der Waals surface area (Å²) in [5.41, 5.74) is 6.77. The fourth-order valence-corrected chi connectivity index (χ4v) is 1.57. The molecule has 0 amide bonds. The Kier molecular flexibility index (Phi) is 4.82. The number of nitro groups is 1. The first-order valence-corrected chi connectivity index (χ1v) is 5.58. The highest BCUT2D eigenvalue weighted by molar-refractivity contribution is 5.75. The van der Waals surface area contributed by atoms with E-state index in [2.05, 4.69) is 4.74 Å². The van der Waals surface area contributed by atoms with Gasteiger partial charge in [-0.25, -0.2) is 0 Å². The zero-order valence-corrected chi connectivity index (χ0v) is 11.0. The molecule has 104 valence electrons. The van der Waals surface area contributed by atoms with Gasteiger partial charge in [0.05, 0.1) is 18.1 Å². The van der Waals surface area contributed by atoms with Gasteiger partial charge in [-0.15, -0.1) is 0 Å². The molecule has 0 radical (unpaired) electrons. The van der Waals surface area contributed by atoms with Gasteiger partial charge in [-0.05, 0) is 25.5 Å². The number of hydrogen-bond acceptors (Lipinski definition) is 6. The lowest BCUT2D eigenvalue weighted by atomic mass is 10.1. The SMILES string of the molecule is COC(=O)C(N)COc1cc([N+](=O)[O-])c(C)cc1C. The molecule has 0 spiro atoms. The maximum absolute atomic E-state index is 11.1. The monoisotopic (exact) mass is 268 g/mol. The number of benzene rings is 1. The molecule has 0 saturated heterocycles. The van der Waals surface area contributed by atoms with Gasteiger partial charge in [0.25, 0.3) is 5.69 Å². The summed E-state index contributed by atoms with van der Waals surface area (Å²) in [5.74, 6) is -0.268. The number of carbonyl (C=O) groups excluding carboxylic acids is 1. The summed E-state index contributed by atoms with van der Waals surface area (Å²) >= 11 is 0. The molecule has 0 aromatic heterocycles. The van der Waals surface area contributed by atoms with Gasteiger partial charge >= 0.3 is 5.97 Å². The minimum atomic E-state index is -0.926. The standard InChI is InChI=1S/C12H16N2O5/c1-7-4-8(2)11(5-10(7)14(16)17)19-6-9(13)12(15)18-3/h4-5,9H,6,13H2,1-3H3. The van der Waals surface area contributed by atoms with Crippen LogP contribution in [-0.4, -0.2) is 30.7 Å². The Morgan fingerprint density at radius 2 is 2.05 bits per heavy atom. The average Bonchev–Trinajstić information content (AvgIpc) is 2.35. The minimum absolute atomic E-state index is 0.0350. The number of nitro benzene ring substituents is 1. The summed E-state index contributed by atoms with van der Waals surface area (Å²) in [6.07, 6.45) is 0. The molecule has 7 nitrogen and oxygen atoms in total. The lowest BCUT2D eigenvalue weighted by Gasteiger charge is -2.13. The summed E-state index contributed by atoms with van der Waals surface area (Å²) in [6, 6.07) is 2.05. The van der Waals surface area contributed by atoms with Crippen molar-refractivity contribution < 1.29 is 19.2 Å². The van der Waals surface area contributed by atoms with Gasteiger partial charge in [0.15, 0.2) is 0 Å².